The number of methoxy groups -OCH3 is 1. The molecule has 5 N–H and O–H groups in total. The van der Waals surface area contributed by atoms with E-state index in [1.165, 1.54) is 0 Å². The van der Waals surface area contributed by atoms with Crippen molar-refractivity contribution in [2.45, 2.75) is 4.90 Å². The number of benzene rings is 1. The minimum absolute atomic E-state index is 0.271. The SMILES string of the molecule is COC(=O)c1cc(S(N)(=O)=O)cc(N)c1O. The van der Waals surface area contributed by atoms with Crippen molar-refractivity contribution in [1.82, 2.24) is 0 Å². The number of rotatable bonds is 2. The monoisotopic (exact) mass is 246 g/mol. The molecule has 1 rings (SSSR count). The van der Waals surface area contributed by atoms with Crippen LogP contribution < -0.4 is 10.9 Å². The quantitative estimate of drug-likeness (QED) is 0.363. The first-order valence-corrected chi connectivity index (χ1v) is 5.55. The number of anilines is 1. The van der Waals surface area contributed by atoms with Crippen LogP contribution in [0.2, 0.25) is 0 Å². The molecule has 0 radical (unpaired) electrons. The van der Waals surface area contributed by atoms with E-state index in [0.29, 0.717) is 0 Å². The van der Waals surface area contributed by atoms with E-state index >= 15 is 0 Å². The summed E-state index contributed by atoms with van der Waals surface area (Å²) in [6, 6.07) is 1.85. The standard InChI is InChI=1S/C8H10N2O5S/c1-15-8(12)5-2-4(16(10,13)14)3-6(9)7(5)11/h2-3,11H,9H2,1H3,(H2,10,13,14). The van der Waals surface area contributed by atoms with Gasteiger partial charge in [0.1, 0.15) is 5.56 Å². The Morgan fingerprint density at radius 2 is 2.00 bits per heavy atom. The van der Waals surface area contributed by atoms with Crippen molar-refractivity contribution in [3.05, 3.63) is 17.7 Å². The van der Waals surface area contributed by atoms with Crippen molar-refractivity contribution in [2.24, 2.45) is 5.14 Å². The molecule has 0 fully saturated rings. The number of hydrogen-bond acceptors (Lipinski definition) is 6. The average Bonchev–Trinajstić information content (AvgIpc) is 2.19. The van der Waals surface area contributed by atoms with Crippen molar-refractivity contribution >= 4 is 21.7 Å². The Balaban J connectivity index is 3.51. The van der Waals surface area contributed by atoms with Crippen LogP contribution in [0.25, 0.3) is 0 Å². The first-order valence-electron chi connectivity index (χ1n) is 4.01. The molecule has 0 saturated carbocycles. The summed E-state index contributed by atoms with van der Waals surface area (Å²) < 4.78 is 26.4. The third-order valence-electron chi connectivity index (χ3n) is 1.85. The van der Waals surface area contributed by atoms with Crippen molar-refractivity contribution in [3.63, 3.8) is 0 Å². The smallest absolute Gasteiger partial charge is 0.341 e. The maximum Gasteiger partial charge on any atom is 0.341 e. The van der Waals surface area contributed by atoms with Gasteiger partial charge in [-0.2, -0.15) is 0 Å². The molecule has 1 aromatic rings. The van der Waals surface area contributed by atoms with Gasteiger partial charge >= 0.3 is 5.97 Å². The van der Waals surface area contributed by atoms with Crippen LogP contribution in [-0.2, 0) is 14.8 Å². The molecule has 0 amide bonds. The predicted octanol–water partition coefficient (Wildman–Crippen LogP) is -0.592. The van der Waals surface area contributed by atoms with Crippen LogP contribution in [0, 0.1) is 0 Å². The molecule has 0 atom stereocenters. The third kappa shape index (κ3) is 2.23. The summed E-state index contributed by atoms with van der Waals surface area (Å²) in [5.41, 5.74) is 4.71. The fourth-order valence-electron chi connectivity index (χ4n) is 1.06. The van der Waals surface area contributed by atoms with Crippen LogP contribution in [0.1, 0.15) is 10.4 Å². The van der Waals surface area contributed by atoms with E-state index in [0.717, 1.165) is 19.2 Å². The number of aromatic hydroxyl groups is 1. The third-order valence-corrected chi connectivity index (χ3v) is 2.74. The van der Waals surface area contributed by atoms with E-state index in [1.54, 1.807) is 0 Å². The molecule has 0 heterocycles. The first-order chi connectivity index (χ1) is 7.27. The lowest BCUT2D eigenvalue weighted by molar-refractivity contribution is 0.0597. The number of ether oxygens (including phenoxy) is 1. The predicted molar refractivity (Wildman–Crippen MR) is 55.2 cm³/mol. The lowest BCUT2D eigenvalue weighted by atomic mass is 10.2. The van der Waals surface area contributed by atoms with E-state index in [4.69, 9.17) is 10.9 Å². The minimum Gasteiger partial charge on any atom is -0.505 e. The van der Waals surface area contributed by atoms with Gasteiger partial charge in [-0.1, -0.05) is 0 Å². The van der Waals surface area contributed by atoms with E-state index in [-0.39, 0.29) is 16.1 Å². The highest BCUT2D eigenvalue weighted by Crippen LogP contribution is 2.28. The van der Waals surface area contributed by atoms with E-state index in [9.17, 15) is 18.3 Å². The zero-order valence-corrected chi connectivity index (χ0v) is 9.11. The van der Waals surface area contributed by atoms with E-state index in [2.05, 4.69) is 4.74 Å². The van der Waals surface area contributed by atoms with Crippen LogP contribution in [0.4, 0.5) is 5.69 Å². The topological polar surface area (TPSA) is 133 Å². The van der Waals surface area contributed by atoms with Gasteiger partial charge in [-0.05, 0) is 12.1 Å². The molecule has 0 aliphatic rings. The molecule has 0 aliphatic carbocycles. The van der Waals surface area contributed by atoms with E-state index < -0.39 is 21.7 Å². The average molecular weight is 246 g/mol. The second kappa shape index (κ2) is 3.99. The highest BCUT2D eigenvalue weighted by Gasteiger charge is 2.19. The van der Waals surface area contributed by atoms with Gasteiger partial charge < -0.3 is 15.6 Å². The van der Waals surface area contributed by atoms with Gasteiger partial charge in [0.2, 0.25) is 10.0 Å². The Bertz CT molecular complexity index is 538. The van der Waals surface area contributed by atoms with Gasteiger partial charge in [-0.15, -0.1) is 0 Å². The number of phenolic OH excluding ortho intramolecular Hbond substituents is 1. The lowest BCUT2D eigenvalue weighted by Crippen LogP contribution is -2.14. The molecular formula is C8H10N2O5S. The largest absolute Gasteiger partial charge is 0.505 e. The molecule has 1 aromatic carbocycles. The van der Waals surface area contributed by atoms with Crippen molar-refractivity contribution in [1.29, 1.82) is 0 Å². The van der Waals surface area contributed by atoms with Gasteiger partial charge in [0.15, 0.2) is 5.75 Å². The number of carbonyl (C=O) groups excluding carboxylic acids is 1. The maximum absolute atomic E-state index is 11.2. The second-order valence-electron chi connectivity index (χ2n) is 2.95. The number of esters is 1. The number of hydrogen-bond donors (Lipinski definition) is 3. The Labute approximate surface area is 91.7 Å². The Morgan fingerprint density at radius 3 is 2.44 bits per heavy atom. The Morgan fingerprint density at radius 1 is 1.44 bits per heavy atom. The van der Waals surface area contributed by atoms with Crippen LogP contribution in [0.3, 0.4) is 0 Å². The number of sulfonamides is 1. The summed E-state index contributed by atoms with van der Waals surface area (Å²) in [5, 5.41) is 14.3. The summed E-state index contributed by atoms with van der Waals surface area (Å²) in [6.45, 7) is 0. The number of carbonyl (C=O) groups is 1. The molecule has 0 unspecified atom stereocenters. The van der Waals surface area contributed by atoms with E-state index in [1.807, 2.05) is 0 Å². The van der Waals surface area contributed by atoms with Gasteiger partial charge in [0, 0.05) is 0 Å². The van der Waals surface area contributed by atoms with Gasteiger partial charge in [-0.3, -0.25) is 0 Å². The van der Waals surface area contributed by atoms with Crippen LogP contribution in [-0.4, -0.2) is 26.6 Å². The number of phenols is 1. The molecule has 0 aromatic heterocycles. The minimum atomic E-state index is -4.01. The molecule has 0 saturated heterocycles. The number of primary sulfonamides is 1. The molecular weight excluding hydrogens is 236 g/mol. The first kappa shape index (κ1) is 12.3. The molecule has 0 bridgehead atoms. The van der Waals surface area contributed by atoms with Gasteiger partial charge in [-0.25, -0.2) is 18.4 Å². The molecule has 0 aliphatic heterocycles. The number of nitrogen functional groups attached to an aromatic ring is 1. The summed E-state index contributed by atoms with van der Waals surface area (Å²) in [5.74, 6) is -1.45. The second-order valence-corrected chi connectivity index (χ2v) is 4.51. The Kier molecular flexibility index (Phi) is 3.06. The van der Waals surface area contributed by atoms with Crippen molar-refractivity contribution in [2.75, 3.05) is 12.8 Å². The number of nitrogens with two attached hydrogens (primary N) is 2. The molecule has 7 nitrogen and oxygen atoms in total. The lowest BCUT2D eigenvalue weighted by Gasteiger charge is -2.07. The highest BCUT2D eigenvalue weighted by atomic mass is 32.2. The summed E-state index contributed by atoms with van der Waals surface area (Å²) in [7, 11) is -2.92. The zero-order valence-electron chi connectivity index (χ0n) is 8.30. The summed E-state index contributed by atoms with van der Waals surface area (Å²) in [6.07, 6.45) is 0. The molecule has 8 heteroatoms. The molecule has 16 heavy (non-hydrogen) atoms. The molecule has 0 spiro atoms. The summed E-state index contributed by atoms with van der Waals surface area (Å²) >= 11 is 0. The van der Waals surface area contributed by atoms with Crippen LogP contribution >= 0.6 is 0 Å². The fourth-order valence-corrected chi connectivity index (χ4v) is 1.63. The summed E-state index contributed by atoms with van der Waals surface area (Å²) in [4.78, 5) is 10.8. The van der Waals surface area contributed by atoms with Gasteiger partial charge in [0.05, 0.1) is 17.7 Å². The normalized spacial score (nSPS) is 11.1. The fraction of sp³-hybridized carbons (Fsp3) is 0.125. The maximum atomic E-state index is 11.2. The van der Waals surface area contributed by atoms with Crippen molar-refractivity contribution < 1.29 is 23.1 Å². The van der Waals surface area contributed by atoms with Gasteiger partial charge in [0.25, 0.3) is 0 Å². The van der Waals surface area contributed by atoms with Crippen LogP contribution in [0.5, 0.6) is 5.75 Å². The zero-order chi connectivity index (χ0) is 12.5. The van der Waals surface area contributed by atoms with Crippen LogP contribution in [0.15, 0.2) is 17.0 Å². The molecule has 88 valence electrons. The van der Waals surface area contributed by atoms with Crippen molar-refractivity contribution in [3.8, 4) is 5.75 Å². The highest BCUT2D eigenvalue weighted by molar-refractivity contribution is 7.89. The Hall–Kier alpha value is -1.80.